The van der Waals surface area contributed by atoms with Crippen molar-refractivity contribution < 1.29 is 19.4 Å². The topological polar surface area (TPSA) is 74.8 Å². The van der Waals surface area contributed by atoms with Crippen LogP contribution in [0.3, 0.4) is 0 Å². The number of piperidine rings is 1. The molecule has 1 aliphatic rings. The molecule has 1 saturated heterocycles. The summed E-state index contributed by atoms with van der Waals surface area (Å²) in [7, 11) is 1.79. The molecule has 2 heterocycles. The number of nitrogens with one attached hydrogen (secondary N) is 1. The molecule has 7 heteroatoms. The number of nitrogens with zero attached hydrogens (tertiary/aromatic N) is 1. The van der Waals surface area contributed by atoms with Crippen molar-refractivity contribution in [3.05, 3.63) is 53.2 Å². The minimum atomic E-state index is -0.966. The fraction of sp³-hybridized carbons (Fsp3) is 0.375. The second-order valence-electron chi connectivity index (χ2n) is 7.89. The van der Waals surface area contributed by atoms with E-state index in [0.717, 1.165) is 55.8 Å². The highest BCUT2D eigenvalue weighted by molar-refractivity contribution is 6.34. The molecule has 2 N–H and O–H groups in total. The number of hydrogen-bond acceptors (Lipinski definition) is 4. The van der Waals surface area contributed by atoms with Gasteiger partial charge in [0.1, 0.15) is 5.75 Å². The zero-order chi connectivity index (χ0) is 21.8. The summed E-state index contributed by atoms with van der Waals surface area (Å²) in [5.41, 5.74) is 2.65. The highest BCUT2D eigenvalue weighted by atomic mass is 35.5. The first-order valence-electron chi connectivity index (χ1n) is 10.6. The maximum Gasteiger partial charge on any atom is 0.337 e. The Morgan fingerprint density at radius 3 is 2.65 bits per heavy atom. The van der Waals surface area contributed by atoms with Crippen molar-refractivity contribution in [2.24, 2.45) is 0 Å². The number of benzene rings is 2. The highest BCUT2D eigenvalue weighted by Crippen LogP contribution is 2.34. The standard InChI is InChI=1S/C24H27ClN2O4/c1-30-17-7-10-27(11-8-17)9-2-12-31-18-5-3-16(4-6-18)19-13-20-21(24(28)29)15-26-23(20)14-22(19)25/h3-6,13-15,17,26H,2,7-12H2,1H3,(H,28,29). The number of H-pyrrole nitrogens is 1. The van der Waals surface area contributed by atoms with Gasteiger partial charge in [0.15, 0.2) is 0 Å². The Bertz CT molecular complexity index is 1040. The number of carboxylic acid groups (broad SMARTS) is 1. The molecule has 0 atom stereocenters. The molecule has 0 amide bonds. The fourth-order valence-electron chi connectivity index (χ4n) is 4.12. The average molecular weight is 443 g/mol. The van der Waals surface area contributed by atoms with E-state index in [1.807, 2.05) is 30.3 Å². The summed E-state index contributed by atoms with van der Waals surface area (Å²) < 4.78 is 11.3. The van der Waals surface area contributed by atoms with Crippen molar-refractivity contribution in [1.29, 1.82) is 0 Å². The van der Waals surface area contributed by atoms with E-state index in [2.05, 4.69) is 9.88 Å². The van der Waals surface area contributed by atoms with Gasteiger partial charge in [0.25, 0.3) is 0 Å². The lowest BCUT2D eigenvalue weighted by atomic mass is 10.0. The van der Waals surface area contributed by atoms with Crippen LogP contribution in [0.15, 0.2) is 42.6 Å². The number of aromatic nitrogens is 1. The Hall–Kier alpha value is -2.54. The molecule has 0 aliphatic carbocycles. The van der Waals surface area contributed by atoms with Gasteiger partial charge in [0.2, 0.25) is 0 Å². The van der Waals surface area contributed by atoms with Gasteiger partial charge in [-0.2, -0.15) is 0 Å². The van der Waals surface area contributed by atoms with E-state index in [9.17, 15) is 9.90 Å². The number of fused-ring (bicyclic) bond motifs is 1. The number of aromatic amines is 1. The van der Waals surface area contributed by atoms with Crippen molar-refractivity contribution in [3.63, 3.8) is 0 Å². The fourth-order valence-corrected chi connectivity index (χ4v) is 4.39. The second-order valence-corrected chi connectivity index (χ2v) is 8.30. The van der Waals surface area contributed by atoms with Crippen LogP contribution in [0.1, 0.15) is 29.6 Å². The molecular weight excluding hydrogens is 416 g/mol. The van der Waals surface area contributed by atoms with E-state index >= 15 is 0 Å². The van der Waals surface area contributed by atoms with Crippen LogP contribution in [0.25, 0.3) is 22.0 Å². The van der Waals surface area contributed by atoms with Gasteiger partial charge in [-0.15, -0.1) is 0 Å². The number of aromatic carboxylic acids is 1. The molecule has 1 fully saturated rings. The van der Waals surface area contributed by atoms with Gasteiger partial charge in [0.05, 0.1) is 23.3 Å². The Kier molecular flexibility index (Phi) is 6.80. The SMILES string of the molecule is COC1CCN(CCCOc2ccc(-c3cc4c(C(=O)O)c[nH]c4cc3Cl)cc2)CC1. The molecule has 0 saturated carbocycles. The normalized spacial score (nSPS) is 15.4. The predicted molar refractivity (Wildman–Crippen MR) is 122 cm³/mol. The number of carboxylic acids is 1. The first-order valence-corrected chi connectivity index (χ1v) is 11.0. The van der Waals surface area contributed by atoms with Crippen LogP contribution < -0.4 is 4.74 Å². The van der Waals surface area contributed by atoms with E-state index in [1.54, 1.807) is 13.2 Å². The minimum Gasteiger partial charge on any atom is -0.494 e. The van der Waals surface area contributed by atoms with Crippen molar-refractivity contribution in [2.75, 3.05) is 33.4 Å². The van der Waals surface area contributed by atoms with Crippen LogP contribution in [0.4, 0.5) is 0 Å². The van der Waals surface area contributed by atoms with Crippen LogP contribution in [-0.2, 0) is 4.74 Å². The van der Waals surface area contributed by atoms with E-state index in [4.69, 9.17) is 21.1 Å². The largest absolute Gasteiger partial charge is 0.494 e. The van der Waals surface area contributed by atoms with Crippen LogP contribution >= 0.6 is 11.6 Å². The van der Waals surface area contributed by atoms with Crippen LogP contribution in [0.2, 0.25) is 5.02 Å². The highest BCUT2D eigenvalue weighted by Gasteiger charge is 2.18. The van der Waals surface area contributed by atoms with Crippen molar-refractivity contribution in [3.8, 4) is 16.9 Å². The lowest BCUT2D eigenvalue weighted by molar-refractivity contribution is 0.0398. The smallest absolute Gasteiger partial charge is 0.337 e. The molecule has 1 aliphatic heterocycles. The molecule has 0 unspecified atom stereocenters. The third-order valence-corrected chi connectivity index (χ3v) is 6.23. The van der Waals surface area contributed by atoms with Crippen molar-refractivity contribution in [2.45, 2.75) is 25.4 Å². The summed E-state index contributed by atoms with van der Waals surface area (Å²) in [4.78, 5) is 16.9. The Morgan fingerprint density at radius 1 is 1.23 bits per heavy atom. The maximum atomic E-state index is 11.4. The van der Waals surface area contributed by atoms with E-state index in [0.29, 0.717) is 28.6 Å². The molecule has 2 aromatic carbocycles. The zero-order valence-corrected chi connectivity index (χ0v) is 18.3. The first-order chi connectivity index (χ1) is 15.0. The Balaban J connectivity index is 1.35. The number of carbonyl (C=O) groups is 1. The Labute approximate surface area is 186 Å². The lowest BCUT2D eigenvalue weighted by Gasteiger charge is -2.31. The Morgan fingerprint density at radius 2 is 1.97 bits per heavy atom. The zero-order valence-electron chi connectivity index (χ0n) is 17.6. The van der Waals surface area contributed by atoms with Gasteiger partial charge in [-0.25, -0.2) is 4.79 Å². The molecule has 0 bridgehead atoms. The molecule has 3 aromatic rings. The van der Waals surface area contributed by atoms with E-state index < -0.39 is 5.97 Å². The molecule has 0 radical (unpaired) electrons. The van der Waals surface area contributed by atoms with Crippen LogP contribution in [0, 0.1) is 0 Å². The monoisotopic (exact) mass is 442 g/mol. The van der Waals surface area contributed by atoms with Gasteiger partial charge < -0.3 is 24.5 Å². The van der Waals surface area contributed by atoms with Gasteiger partial charge in [-0.05, 0) is 49.1 Å². The lowest BCUT2D eigenvalue weighted by Crippen LogP contribution is -2.37. The van der Waals surface area contributed by atoms with Gasteiger partial charge >= 0.3 is 5.97 Å². The number of rotatable bonds is 8. The minimum absolute atomic E-state index is 0.235. The van der Waals surface area contributed by atoms with Gasteiger partial charge in [-0.1, -0.05) is 23.7 Å². The first kappa shape index (κ1) is 21.7. The van der Waals surface area contributed by atoms with Crippen LogP contribution in [-0.4, -0.2) is 60.4 Å². The summed E-state index contributed by atoms with van der Waals surface area (Å²) in [6, 6.07) is 11.3. The predicted octanol–water partition coefficient (Wildman–Crippen LogP) is 5.07. The van der Waals surface area contributed by atoms with Crippen molar-refractivity contribution >= 4 is 28.5 Å². The summed E-state index contributed by atoms with van der Waals surface area (Å²) in [6.07, 6.45) is 5.08. The second kappa shape index (κ2) is 9.73. The number of likely N-dealkylation sites (tertiary alicyclic amines) is 1. The molecule has 164 valence electrons. The van der Waals surface area contributed by atoms with Gasteiger partial charge in [-0.3, -0.25) is 0 Å². The molecule has 31 heavy (non-hydrogen) atoms. The number of ether oxygens (including phenoxy) is 2. The number of methoxy groups -OCH3 is 1. The number of halogens is 1. The molecule has 4 rings (SSSR count). The molecule has 0 spiro atoms. The van der Waals surface area contributed by atoms with Crippen molar-refractivity contribution in [1.82, 2.24) is 9.88 Å². The van der Waals surface area contributed by atoms with E-state index in [-0.39, 0.29) is 5.56 Å². The summed E-state index contributed by atoms with van der Waals surface area (Å²) >= 11 is 6.45. The quantitative estimate of drug-likeness (QED) is 0.476. The third kappa shape index (κ3) is 5.03. The van der Waals surface area contributed by atoms with Gasteiger partial charge in [0, 0.05) is 49.4 Å². The third-order valence-electron chi connectivity index (χ3n) is 5.92. The average Bonchev–Trinajstić information content (AvgIpc) is 3.20. The number of hydrogen-bond donors (Lipinski definition) is 2. The summed E-state index contributed by atoms with van der Waals surface area (Å²) in [5.74, 6) is -0.154. The molecular formula is C24H27ClN2O4. The molecule has 1 aromatic heterocycles. The summed E-state index contributed by atoms with van der Waals surface area (Å²) in [5, 5.41) is 10.6. The molecule has 6 nitrogen and oxygen atoms in total. The van der Waals surface area contributed by atoms with E-state index in [1.165, 1.54) is 6.20 Å². The maximum absolute atomic E-state index is 11.4. The van der Waals surface area contributed by atoms with Crippen LogP contribution in [0.5, 0.6) is 5.75 Å². The summed E-state index contributed by atoms with van der Waals surface area (Å²) in [6.45, 7) is 3.88.